The molecule has 2 aromatic rings. The average Bonchev–Trinajstić information content (AvgIpc) is 2.84. The average molecular weight is 507 g/mol. The first kappa shape index (κ1) is 27.0. The lowest BCUT2D eigenvalue weighted by molar-refractivity contribution is -0.138. The van der Waals surface area contributed by atoms with Crippen molar-refractivity contribution in [1.82, 2.24) is 9.88 Å². The Kier molecular flexibility index (Phi) is 8.92. The van der Waals surface area contributed by atoms with Crippen LogP contribution in [0.25, 0.3) is 11.4 Å². The van der Waals surface area contributed by atoms with Gasteiger partial charge in [-0.2, -0.15) is 13.2 Å². The third-order valence-electron chi connectivity index (χ3n) is 5.56. The van der Waals surface area contributed by atoms with Crippen molar-refractivity contribution in [2.75, 3.05) is 26.8 Å². The minimum Gasteiger partial charge on any atom is -0.477 e. The summed E-state index contributed by atoms with van der Waals surface area (Å²) in [6.07, 6.45) is -1.23. The van der Waals surface area contributed by atoms with E-state index in [0.717, 1.165) is 18.3 Å². The number of ether oxygens (including phenoxy) is 2. The topological polar surface area (TPSA) is 76.4 Å². The van der Waals surface area contributed by atoms with E-state index in [-0.39, 0.29) is 47.0 Å². The van der Waals surface area contributed by atoms with E-state index >= 15 is 0 Å². The first-order chi connectivity index (χ1) is 17.1. The summed E-state index contributed by atoms with van der Waals surface area (Å²) in [5.41, 5.74) is -0.405. The number of aromatic nitrogens is 1. The summed E-state index contributed by atoms with van der Waals surface area (Å²) in [5, 5.41) is 0. The maximum Gasteiger partial charge on any atom is 0.416 e. The minimum atomic E-state index is -4.50. The lowest BCUT2D eigenvalue weighted by Gasteiger charge is -2.32. The van der Waals surface area contributed by atoms with E-state index in [4.69, 9.17) is 9.47 Å². The molecule has 1 fully saturated rings. The van der Waals surface area contributed by atoms with Gasteiger partial charge in [-0.3, -0.25) is 14.8 Å². The van der Waals surface area contributed by atoms with Crippen LogP contribution in [0.4, 0.5) is 17.6 Å². The first-order valence-electron chi connectivity index (χ1n) is 11.1. The lowest BCUT2D eigenvalue weighted by atomic mass is 10.0. The maximum absolute atomic E-state index is 14.7. The normalized spacial score (nSPS) is 15.9. The monoisotopic (exact) mass is 506 g/mol. The SMILES string of the molecule is C=N/C(=C(\N=C(C)OC1CCN(C(=O)COC)CC1)c1ccncc1F)c1ccc(C(F)(F)F)cc1. The van der Waals surface area contributed by atoms with Gasteiger partial charge in [0, 0.05) is 57.3 Å². The Morgan fingerprint density at radius 3 is 2.39 bits per heavy atom. The van der Waals surface area contributed by atoms with Gasteiger partial charge in [-0.15, -0.1) is 0 Å². The van der Waals surface area contributed by atoms with Crippen molar-refractivity contribution in [3.8, 4) is 0 Å². The summed E-state index contributed by atoms with van der Waals surface area (Å²) in [6.45, 7) is 6.11. The second kappa shape index (κ2) is 11.9. The molecule has 192 valence electrons. The molecule has 36 heavy (non-hydrogen) atoms. The molecule has 1 saturated heterocycles. The number of hydrogen-bond donors (Lipinski definition) is 0. The Labute approximate surface area is 206 Å². The fourth-order valence-corrected chi connectivity index (χ4v) is 3.79. The third-order valence-corrected chi connectivity index (χ3v) is 5.56. The summed E-state index contributed by atoms with van der Waals surface area (Å²) >= 11 is 0. The molecule has 1 amide bonds. The second-order valence-corrected chi connectivity index (χ2v) is 8.05. The highest BCUT2D eigenvalue weighted by molar-refractivity contribution is 5.95. The minimum absolute atomic E-state index is 0.0128. The van der Waals surface area contributed by atoms with Gasteiger partial charge in [-0.05, 0) is 24.9 Å². The van der Waals surface area contributed by atoms with Crippen LogP contribution in [0, 0.1) is 5.82 Å². The molecule has 0 radical (unpaired) electrons. The van der Waals surface area contributed by atoms with Gasteiger partial charge in [-0.1, -0.05) is 12.1 Å². The molecule has 2 heterocycles. The van der Waals surface area contributed by atoms with Gasteiger partial charge in [-0.25, -0.2) is 9.38 Å². The van der Waals surface area contributed by atoms with Gasteiger partial charge >= 0.3 is 6.18 Å². The second-order valence-electron chi connectivity index (χ2n) is 8.05. The number of aliphatic imine (C=N–C) groups is 2. The number of alkyl halides is 3. The van der Waals surface area contributed by atoms with Crippen molar-refractivity contribution in [2.24, 2.45) is 9.98 Å². The van der Waals surface area contributed by atoms with Crippen LogP contribution >= 0.6 is 0 Å². The number of halogens is 4. The van der Waals surface area contributed by atoms with Crippen molar-refractivity contribution in [1.29, 1.82) is 0 Å². The Morgan fingerprint density at radius 1 is 1.17 bits per heavy atom. The molecule has 0 aliphatic carbocycles. The molecular weight excluding hydrogens is 480 g/mol. The number of amides is 1. The predicted octanol–water partition coefficient (Wildman–Crippen LogP) is 4.84. The number of hydrogen-bond acceptors (Lipinski definition) is 6. The summed E-state index contributed by atoms with van der Waals surface area (Å²) < 4.78 is 64.6. The molecule has 0 bridgehead atoms. The molecule has 11 heteroatoms. The van der Waals surface area contributed by atoms with Gasteiger partial charge in [0.25, 0.3) is 0 Å². The zero-order chi connectivity index (χ0) is 26.3. The highest BCUT2D eigenvalue weighted by Gasteiger charge is 2.30. The number of pyridine rings is 1. The van der Waals surface area contributed by atoms with E-state index in [1.54, 1.807) is 11.8 Å². The van der Waals surface area contributed by atoms with Crippen LogP contribution in [0.5, 0.6) is 0 Å². The predicted molar refractivity (Wildman–Crippen MR) is 128 cm³/mol. The molecule has 1 aliphatic rings. The Morgan fingerprint density at radius 2 is 1.83 bits per heavy atom. The van der Waals surface area contributed by atoms with Crippen molar-refractivity contribution in [2.45, 2.75) is 32.0 Å². The number of benzene rings is 1. The number of carbonyl (C=O) groups excluding carboxylic acids is 1. The van der Waals surface area contributed by atoms with Crippen LogP contribution in [0.3, 0.4) is 0 Å². The van der Waals surface area contributed by atoms with Crippen LogP contribution in [0.15, 0.2) is 52.7 Å². The highest BCUT2D eigenvalue weighted by atomic mass is 19.4. The maximum atomic E-state index is 14.7. The third kappa shape index (κ3) is 6.75. The molecule has 1 aromatic carbocycles. The van der Waals surface area contributed by atoms with Crippen molar-refractivity contribution in [3.63, 3.8) is 0 Å². The number of likely N-dealkylation sites (tertiary alicyclic amines) is 1. The Bertz CT molecular complexity index is 1140. The molecule has 1 aliphatic heterocycles. The first-order valence-corrected chi connectivity index (χ1v) is 11.1. The largest absolute Gasteiger partial charge is 0.477 e. The number of piperidine rings is 1. The molecule has 0 spiro atoms. The van der Waals surface area contributed by atoms with E-state index in [2.05, 4.69) is 21.7 Å². The van der Waals surface area contributed by atoms with Crippen LogP contribution in [-0.2, 0) is 20.4 Å². The van der Waals surface area contributed by atoms with Crippen LogP contribution in [0.2, 0.25) is 0 Å². The van der Waals surface area contributed by atoms with Crippen LogP contribution in [-0.4, -0.2) is 61.3 Å². The van der Waals surface area contributed by atoms with Gasteiger partial charge < -0.3 is 14.4 Å². The summed E-state index contributed by atoms with van der Waals surface area (Å²) in [5.74, 6) is -0.587. The van der Waals surface area contributed by atoms with Gasteiger partial charge in [0.2, 0.25) is 5.91 Å². The van der Waals surface area contributed by atoms with Crippen molar-refractivity contribution >= 4 is 29.9 Å². The fraction of sp³-hybridized carbons (Fsp3) is 0.360. The molecule has 0 saturated carbocycles. The Hall–Kier alpha value is -3.60. The van der Waals surface area contributed by atoms with E-state index in [1.807, 2.05) is 0 Å². The lowest BCUT2D eigenvalue weighted by Crippen LogP contribution is -2.42. The number of nitrogens with zero attached hydrogens (tertiary/aromatic N) is 4. The molecular formula is C25H26F4N4O3. The number of rotatable bonds is 7. The highest BCUT2D eigenvalue weighted by Crippen LogP contribution is 2.33. The smallest absolute Gasteiger partial charge is 0.416 e. The quantitative estimate of drug-likeness (QED) is 0.306. The molecule has 7 nitrogen and oxygen atoms in total. The van der Waals surface area contributed by atoms with Crippen molar-refractivity contribution in [3.05, 3.63) is 65.2 Å². The van der Waals surface area contributed by atoms with Gasteiger partial charge in [0.15, 0.2) is 11.7 Å². The zero-order valence-corrected chi connectivity index (χ0v) is 19.9. The van der Waals surface area contributed by atoms with E-state index in [0.29, 0.717) is 25.9 Å². The standard InChI is InChI=1S/C25H26F4N4O3/c1-16(36-19-9-12-33(13-10-19)22(34)15-35-3)32-24(20-8-11-31-14-21(20)26)23(30-2)17-4-6-18(7-5-17)25(27,28)29/h4-8,11,14,19H,2,9-10,12-13,15H2,1,3H3/b24-23-,32-16?. The summed E-state index contributed by atoms with van der Waals surface area (Å²) in [6, 6.07) is 5.66. The van der Waals surface area contributed by atoms with E-state index in [9.17, 15) is 22.4 Å². The molecule has 1 aromatic heterocycles. The number of methoxy groups -OCH3 is 1. The van der Waals surface area contributed by atoms with Crippen LogP contribution < -0.4 is 0 Å². The zero-order valence-electron chi connectivity index (χ0n) is 19.9. The molecule has 0 atom stereocenters. The molecule has 0 N–H and O–H groups in total. The number of carbonyl (C=O) groups is 1. The fourth-order valence-electron chi connectivity index (χ4n) is 3.79. The van der Waals surface area contributed by atoms with Crippen molar-refractivity contribution < 1.29 is 31.8 Å². The van der Waals surface area contributed by atoms with Gasteiger partial charge in [0.1, 0.15) is 18.4 Å². The molecule has 0 unspecified atom stereocenters. The van der Waals surface area contributed by atoms with E-state index < -0.39 is 17.6 Å². The Balaban J connectivity index is 1.91. The molecule has 3 rings (SSSR count). The summed E-state index contributed by atoms with van der Waals surface area (Å²) in [4.78, 5) is 25.8. The van der Waals surface area contributed by atoms with Gasteiger partial charge in [0.05, 0.1) is 17.5 Å². The van der Waals surface area contributed by atoms with Crippen LogP contribution in [0.1, 0.15) is 36.5 Å². The van der Waals surface area contributed by atoms with E-state index in [1.165, 1.54) is 31.5 Å². The summed E-state index contributed by atoms with van der Waals surface area (Å²) in [7, 11) is 1.46.